The van der Waals surface area contributed by atoms with Gasteiger partial charge in [0, 0.05) is 5.92 Å². The van der Waals surface area contributed by atoms with Gasteiger partial charge in [0.05, 0.1) is 6.10 Å². The zero-order valence-electron chi connectivity index (χ0n) is 10.0. The van der Waals surface area contributed by atoms with E-state index in [-0.39, 0.29) is 12.3 Å². The molecule has 0 aliphatic carbocycles. The fourth-order valence-corrected chi connectivity index (χ4v) is 1.70. The third-order valence-electron chi connectivity index (χ3n) is 2.77. The van der Waals surface area contributed by atoms with Gasteiger partial charge >= 0.3 is 0 Å². The lowest BCUT2D eigenvalue weighted by Crippen LogP contribution is -2.22. The first-order chi connectivity index (χ1) is 7.61. The van der Waals surface area contributed by atoms with E-state index in [9.17, 15) is 9.90 Å². The van der Waals surface area contributed by atoms with E-state index in [1.807, 2.05) is 0 Å². The summed E-state index contributed by atoms with van der Waals surface area (Å²) in [5.41, 5.74) is 0. The highest BCUT2D eigenvalue weighted by Gasteiger charge is 2.17. The Morgan fingerprint density at radius 1 is 1.00 bits per heavy atom. The molecule has 0 bridgehead atoms. The summed E-state index contributed by atoms with van der Waals surface area (Å²) in [7, 11) is 0. The van der Waals surface area contributed by atoms with E-state index in [0.717, 1.165) is 25.5 Å². The molecule has 0 aromatic rings. The second kappa shape index (κ2) is 9.75. The van der Waals surface area contributed by atoms with Gasteiger partial charge in [-0.05, 0) is 25.7 Å². The number of carbonyl (C=O) groups excluding carboxylic acids is 1. The molecule has 0 fully saturated rings. The minimum Gasteiger partial charge on any atom is -0.392 e. The number of carbonyl (C=O) groups is 1. The Morgan fingerprint density at radius 2 is 1.69 bits per heavy atom. The number of aldehydes is 1. The van der Waals surface area contributed by atoms with Crippen LogP contribution in [0.2, 0.25) is 0 Å². The molecule has 0 aromatic carbocycles. The number of hydrogen-bond acceptors (Lipinski definition) is 4. The molecule has 16 heavy (non-hydrogen) atoms. The van der Waals surface area contributed by atoms with Gasteiger partial charge in [-0.3, -0.25) is 0 Å². The summed E-state index contributed by atoms with van der Waals surface area (Å²) < 4.78 is 0. The van der Waals surface area contributed by atoms with Crippen LogP contribution in [0.4, 0.5) is 0 Å². The maximum absolute atomic E-state index is 10.8. The predicted molar refractivity (Wildman–Crippen MR) is 61.8 cm³/mol. The summed E-state index contributed by atoms with van der Waals surface area (Å²) in [6, 6.07) is 0. The molecule has 0 amide bonds. The minimum absolute atomic E-state index is 0.256. The van der Waals surface area contributed by atoms with Crippen molar-refractivity contribution in [2.24, 2.45) is 5.92 Å². The number of aliphatic hydroxyl groups is 3. The predicted octanol–water partition coefficient (Wildman–Crippen LogP) is 1.22. The van der Waals surface area contributed by atoms with Crippen molar-refractivity contribution in [3.63, 3.8) is 0 Å². The third kappa shape index (κ3) is 7.79. The normalized spacial score (nSPS) is 15.1. The van der Waals surface area contributed by atoms with Crippen LogP contribution in [0.1, 0.15) is 51.9 Å². The van der Waals surface area contributed by atoms with Crippen LogP contribution in [0, 0.1) is 5.92 Å². The SMILES string of the molecule is CCCCCC(O)C(C=O)CCCC(O)O. The fourth-order valence-electron chi connectivity index (χ4n) is 1.70. The first-order valence-electron chi connectivity index (χ1n) is 6.11. The highest BCUT2D eigenvalue weighted by Crippen LogP contribution is 2.16. The molecule has 0 saturated heterocycles. The standard InChI is InChI=1S/C12H24O4/c1-2-3-4-7-11(14)10(9-13)6-5-8-12(15)16/h9-12,14-16H,2-8H2,1H3. The molecule has 0 rings (SSSR count). The second-order valence-electron chi connectivity index (χ2n) is 4.27. The van der Waals surface area contributed by atoms with Crippen LogP contribution in [0.5, 0.6) is 0 Å². The van der Waals surface area contributed by atoms with Crippen LogP contribution >= 0.6 is 0 Å². The topological polar surface area (TPSA) is 77.8 Å². The Bertz CT molecular complexity index is 170. The van der Waals surface area contributed by atoms with Crippen LogP contribution in [-0.2, 0) is 4.79 Å². The van der Waals surface area contributed by atoms with E-state index in [0.29, 0.717) is 19.3 Å². The van der Waals surface area contributed by atoms with Crippen molar-refractivity contribution in [2.75, 3.05) is 0 Å². The van der Waals surface area contributed by atoms with Crippen LogP contribution in [-0.4, -0.2) is 34.0 Å². The Labute approximate surface area is 97.3 Å². The fraction of sp³-hybridized carbons (Fsp3) is 0.917. The Morgan fingerprint density at radius 3 is 2.19 bits per heavy atom. The summed E-state index contributed by atoms with van der Waals surface area (Å²) in [6.45, 7) is 2.09. The Balaban J connectivity index is 3.73. The lowest BCUT2D eigenvalue weighted by atomic mass is 9.93. The highest BCUT2D eigenvalue weighted by molar-refractivity contribution is 5.54. The average Bonchev–Trinajstić information content (AvgIpc) is 2.24. The molecule has 0 aliphatic heterocycles. The highest BCUT2D eigenvalue weighted by atomic mass is 16.5. The molecule has 0 saturated carbocycles. The maximum atomic E-state index is 10.8. The van der Waals surface area contributed by atoms with Crippen LogP contribution in [0.15, 0.2) is 0 Å². The quantitative estimate of drug-likeness (QED) is 0.301. The zero-order chi connectivity index (χ0) is 12.4. The largest absolute Gasteiger partial charge is 0.392 e. The zero-order valence-corrected chi connectivity index (χ0v) is 10.0. The van der Waals surface area contributed by atoms with Crippen molar-refractivity contribution in [1.82, 2.24) is 0 Å². The first kappa shape index (κ1) is 15.6. The van der Waals surface area contributed by atoms with Gasteiger partial charge in [0.1, 0.15) is 6.29 Å². The lowest BCUT2D eigenvalue weighted by molar-refractivity contribution is -0.115. The summed E-state index contributed by atoms with van der Waals surface area (Å²) >= 11 is 0. The molecule has 0 radical (unpaired) electrons. The van der Waals surface area contributed by atoms with Crippen LogP contribution in [0.25, 0.3) is 0 Å². The van der Waals surface area contributed by atoms with Crippen molar-refractivity contribution in [2.45, 2.75) is 64.3 Å². The number of hydrogen-bond donors (Lipinski definition) is 3. The number of unbranched alkanes of at least 4 members (excludes halogenated alkanes) is 2. The molecular weight excluding hydrogens is 208 g/mol. The van der Waals surface area contributed by atoms with Gasteiger partial charge in [-0.2, -0.15) is 0 Å². The molecular formula is C12H24O4. The van der Waals surface area contributed by atoms with Crippen LogP contribution < -0.4 is 0 Å². The van der Waals surface area contributed by atoms with Crippen molar-refractivity contribution < 1.29 is 20.1 Å². The minimum atomic E-state index is -1.32. The molecule has 2 unspecified atom stereocenters. The van der Waals surface area contributed by atoms with Gasteiger partial charge in [-0.1, -0.05) is 26.2 Å². The first-order valence-corrected chi connectivity index (χ1v) is 6.11. The van der Waals surface area contributed by atoms with Crippen molar-refractivity contribution in [3.05, 3.63) is 0 Å². The van der Waals surface area contributed by atoms with Gasteiger partial charge in [-0.15, -0.1) is 0 Å². The van der Waals surface area contributed by atoms with Crippen molar-refractivity contribution in [3.8, 4) is 0 Å². The van der Waals surface area contributed by atoms with E-state index in [1.54, 1.807) is 0 Å². The van der Waals surface area contributed by atoms with Crippen molar-refractivity contribution in [1.29, 1.82) is 0 Å². The molecule has 3 N–H and O–H groups in total. The average molecular weight is 232 g/mol. The van der Waals surface area contributed by atoms with E-state index in [4.69, 9.17) is 10.2 Å². The molecule has 4 heteroatoms. The molecule has 96 valence electrons. The molecule has 2 atom stereocenters. The van der Waals surface area contributed by atoms with E-state index in [1.165, 1.54) is 0 Å². The molecule has 0 spiro atoms. The molecule has 0 aliphatic rings. The van der Waals surface area contributed by atoms with Gasteiger partial charge in [0.2, 0.25) is 0 Å². The summed E-state index contributed by atoms with van der Waals surface area (Å²) in [4.78, 5) is 10.8. The van der Waals surface area contributed by atoms with Gasteiger partial charge in [0.25, 0.3) is 0 Å². The summed E-state index contributed by atoms with van der Waals surface area (Å²) in [5.74, 6) is -0.365. The summed E-state index contributed by atoms with van der Waals surface area (Å²) in [5, 5.41) is 27.1. The Kier molecular flexibility index (Phi) is 9.48. The van der Waals surface area contributed by atoms with E-state index < -0.39 is 12.4 Å². The molecule has 4 nitrogen and oxygen atoms in total. The monoisotopic (exact) mass is 232 g/mol. The molecule has 0 aromatic heterocycles. The second-order valence-corrected chi connectivity index (χ2v) is 4.27. The van der Waals surface area contributed by atoms with Gasteiger partial charge in [-0.25, -0.2) is 0 Å². The van der Waals surface area contributed by atoms with Gasteiger partial charge in [0.15, 0.2) is 6.29 Å². The smallest absolute Gasteiger partial charge is 0.151 e. The number of aliphatic hydroxyl groups excluding tert-OH is 2. The maximum Gasteiger partial charge on any atom is 0.151 e. The van der Waals surface area contributed by atoms with Crippen molar-refractivity contribution >= 4 is 6.29 Å². The Hall–Kier alpha value is -0.450. The van der Waals surface area contributed by atoms with E-state index >= 15 is 0 Å². The van der Waals surface area contributed by atoms with Gasteiger partial charge < -0.3 is 20.1 Å². The van der Waals surface area contributed by atoms with E-state index in [2.05, 4.69) is 6.92 Å². The third-order valence-corrected chi connectivity index (χ3v) is 2.77. The summed E-state index contributed by atoms with van der Waals surface area (Å²) in [6.07, 6.45) is 3.95. The number of rotatable bonds is 10. The molecule has 0 heterocycles. The van der Waals surface area contributed by atoms with Crippen LogP contribution in [0.3, 0.4) is 0 Å². The lowest BCUT2D eigenvalue weighted by Gasteiger charge is -2.17.